The highest BCUT2D eigenvalue weighted by Crippen LogP contribution is 1.92. The summed E-state index contributed by atoms with van der Waals surface area (Å²) in [5.74, 6) is 5.70. The Hall–Kier alpha value is -1.23. The molecule has 0 amide bonds. The first-order valence-corrected chi connectivity index (χ1v) is 4.51. The van der Waals surface area contributed by atoms with Gasteiger partial charge in [-0.2, -0.15) is 0 Å². The van der Waals surface area contributed by atoms with Crippen LogP contribution in [0.25, 0.3) is 0 Å². The van der Waals surface area contributed by atoms with E-state index in [2.05, 4.69) is 23.5 Å². The van der Waals surface area contributed by atoms with Crippen LogP contribution in [0.5, 0.6) is 0 Å². The maximum Gasteiger partial charge on any atom is 0.305 e. The maximum atomic E-state index is 10.7. The zero-order valence-corrected chi connectivity index (χ0v) is 8.30. The fourth-order valence-corrected chi connectivity index (χ4v) is 0.702. The van der Waals surface area contributed by atoms with Crippen LogP contribution in [-0.4, -0.2) is 13.1 Å². The van der Waals surface area contributed by atoms with Crippen LogP contribution in [-0.2, 0) is 9.53 Å². The molecule has 0 aromatic carbocycles. The maximum absolute atomic E-state index is 10.7. The van der Waals surface area contributed by atoms with E-state index in [1.165, 1.54) is 7.11 Å². The zero-order chi connectivity index (χ0) is 9.94. The van der Waals surface area contributed by atoms with Crippen molar-refractivity contribution >= 4 is 5.97 Å². The SMILES string of the molecule is CCCC#C/C=C/CCC(=O)OC. The van der Waals surface area contributed by atoms with Gasteiger partial charge in [-0.25, -0.2) is 0 Å². The first-order valence-electron chi connectivity index (χ1n) is 4.51. The van der Waals surface area contributed by atoms with E-state index in [1.54, 1.807) is 6.08 Å². The molecule has 0 spiro atoms. The average molecular weight is 180 g/mol. The Kier molecular flexibility index (Phi) is 8.02. The Morgan fingerprint density at radius 3 is 2.92 bits per heavy atom. The smallest absolute Gasteiger partial charge is 0.305 e. The quantitative estimate of drug-likeness (QED) is 0.490. The Labute approximate surface area is 80.0 Å². The molecule has 0 fully saturated rings. The molecule has 0 bridgehead atoms. The number of ether oxygens (including phenoxy) is 1. The topological polar surface area (TPSA) is 26.3 Å². The van der Waals surface area contributed by atoms with Gasteiger partial charge in [0.25, 0.3) is 0 Å². The molecular formula is C11H16O2. The number of rotatable bonds is 4. The highest BCUT2D eigenvalue weighted by Gasteiger charge is 1.94. The van der Waals surface area contributed by atoms with Gasteiger partial charge in [0.05, 0.1) is 7.11 Å². The molecule has 0 rings (SSSR count). The molecule has 0 radical (unpaired) electrons. The predicted molar refractivity (Wildman–Crippen MR) is 53.1 cm³/mol. The number of hydrogen-bond acceptors (Lipinski definition) is 2. The zero-order valence-electron chi connectivity index (χ0n) is 8.30. The summed E-state index contributed by atoms with van der Waals surface area (Å²) in [6, 6.07) is 0. The van der Waals surface area contributed by atoms with Gasteiger partial charge in [-0.15, -0.1) is 0 Å². The molecule has 13 heavy (non-hydrogen) atoms. The molecule has 0 aromatic heterocycles. The number of carbonyl (C=O) groups is 1. The van der Waals surface area contributed by atoms with Crippen molar-refractivity contribution in [3.63, 3.8) is 0 Å². The van der Waals surface area contributed by atoms with Crippen LogP contribution in [0.2, 0.25) is 0 Å². The summed E-state index contributed by atoms with van der Waals surface area (Å²) in [4.78, 5) is 10.7. The van der Waals surface area contributed by atoms with E-state index in [0.29, 0.717) is 12.8 Å². The Morgan fingerprint density at radius 1 is 1.54 bits per heavy atom. The molecule has 0 aliphatic heterocycles. The fraction of sp³-hybridized carbons (Fsp3) is 0.545. The minimum atomic E-state index is -0.175. The molecule has 72 valence electrons. The van der Waals surface area contributed by atoms with Gasteiger partial charge in [0, 0.05) is 12.8 Å². The Morgan fingerprint density at radius 2 is 2.31 bits per heavy atom. The molecule has 2 heteroatoms. The predicted octanol–water partition coefficient (Wildman–Crippen LogP) is 2.30. The van der Waals surface area contributed by atoms with Crippen molar-refractivity contribution in [1.82, 2.24) is 0 Å². The van der Waals surface area contributed by atoms with Crippen molar-refractivity contribution in [1.29, 1.82) is 0 Å². The molecule has 0 N–H and O–H groups in total. The third-order valence-corrected chi connectivity index (χ3v) is 1.42. The van der Waals surface area contributed by atoms with Crippen LogP contribution in [0.4, 0.5) is 0 Å². The fourth-order valence-electron chi connectivity index (χ4n) is 0.702. The van der Waals surface area contributed by atoms with Gasteiger partial charge in [0.2, 0.25) is 0 Å². The van der Waals surface area contributed by atoms with Gasteiger partial charge in [0.1, 0.15) is 0 Å². The molecule has 0 aliphatic rings. The first-order chi connectivity index (χ1) is 6.31. The van der Waals surface area contributed by atoms with Crippen LogP contribution >= 0.6 is 0 Å². The summed E-state index contributed by atoms with van der Waals surface area (Å²) in [6.45, 7) is 2.09. The molecule has 0 aliphatic carbocycles. The minimum absolute atomic E-state index is 0.175. The number of unbranched alkanes of at least 4 members (excludes halogenated alkanes) is 1. The molecule has 0 saturated heterocycles. The van der Waals surface area contributed by atoms with Crippen molar-refractivity contribution in [3.05, 3.63) is 12.2 Å². The van der Waals surface area contributed by atoms with Crippen LogP contribution in [0.1, 0.15) is 32.6 Å². The number of methoxy groups -OCH3 is 1. The summed E-state index contributed by atoms with van der Waals surface area (Å²) < 4.78 is 4.49. The lowest BCUT2D eigenvalue weighted by atomic mass is 10.3. The van der Waals surface area contributed by atoms with Gasteiger partial charge in [-0.3, -0.25) is 4.79 Å². The normalized spacial score (nSPS) is 9.38. The second-order valence-corrected chi connectivity index (χ2v) is 2.59. The van der Waals surface area contributed by atoms with Crippen LogP contribution in [0.15, 0.2) is 12.2 Å². The van der Waals surface area contributed by atoms with E-state index in [0.717, 1.165) is 12.8 Å². The second-order valence-electron chi connectivity index (χ2n) is 2.59. The largest absolute Gasteiger partial charge is 0.469 e. The number of esters is 1. The highest BCUT2D eigenvalue weighted by molar-refractivity contribution is 5.69. The van der Waals surface area contributed by atoms with Crippen LogP contribution < -0.4 is 0 Å². The summed E-state index contributed by atoms with van der Waals surface area (Å²) in [7, 11) is 1.40. The van der Waals surface area contributed by atoms with E-state index in [4.69, 9.17) is 0 Å². The highest BCUT2D eigenvalue weighted by atomic mass is 16.5. The van der Waals surface area contributed by atoms with Gasteiger partial charge < -0.3 is 4.74 Å². The molecular weight excluding hydrogens is 164 g/mol. The second kappa shape index (κ2) is 8.86. The van der Waals surface area contributed by atoms with Crippen molar-refractivity contribution in [3.8, 4) is 11.8 Å². The Bertz CT molecular complexity index is 218. The van der Waals surface area contributed by atoms with E-state index in [9.17, 15) is 4.79 Å². The standard InChI is InChI=1S/C11H16O2/c1-3-4-5-6-7-8-9-10-11(12)13-2/h7-8H,3-4,9-10H2,1-2H3/b8-7+. The molecule has 0 unspecified atom stereocenters. The minimum Gasteiger partial charge on any atom is -0.469 e. The van der Waals surface area contributed by atoms with E-state index >= 15 is 0 Å². The van der Waals surface area contributed by atoms with E-state index in [1.807, 2.05) is 6.08 Å². The lowest BCUT2D eigenvalue weighted by Crippen LogP contribution is -1.97. The summed E-state index contributed by atoms with van der Waals surface area (Å²) in [5, 5.41) is 0. The van der Waals surface area contributed by atoms with Gasteiger partial charge >= 0.3 is 5.97 Å². The average Bonchev–Trinajstić information content (AvgIpc) is 2.16. The number of allylic oxidation sites excluding steroid dienone is 2. The first kappa shape index (κ1) is 11.8. The number of carbonyl (C=O) groups excluding carboxylic acids is 1. The van der Waals surface area contributed by atoms with Crippen molar-refractivity contribution < 1.29 is 9.53 Å². The lowest BCUT2D eigenvalue weighted by molar-refractivity contribution is -0.140. The molecule has 0 atom stereocenters. The van der Waals surface area contributed by atoms with Crippen LogP contribution in [0.3, 0.4) is 0 Å². The van der Waals surface area contributed by atoms with Crippen molar-refractivity contribution in [2.75, 3.05) is 7.11 Å². The third kappa shape index (κ3) is 8.68. The van der Waals surface area contributed by atoms with Crippen LogP contribution in [0, 0.1) is 11.8 Å². The monoisotopic (exact) mass is 180 g/mol. The third-order valence-electron chi connectivity index (χ3n) is 1.42. The summed E-state index contributed by atoms with van der Waals surface area (Å²) >= 11 is 0. The number of hydrogen-bond donors (Lipinski definition) is 0. The molecule has 0 heterocycles. The Balaban J connectivity index is 3.43. The van der Waals surface area contributed by atoms with E-state index < -0.39 is 0 Å². The molecule has 0 saturated carbocycles. The van der Waals surface area contributed by atoms with Gasteiger partial charge in [-0.05, 0) is 18.9 Å². The molecule has 0 aromatic rings. The lowest BCUT2D eigenvalue weighted by Gasteiger charge is -1.92. The van der Waals surface area contributed by atoms with E-state index in [-0.39, 0.29) is 5.97 Å². The van der Waals surface area contributed by atoms with Crippen molar-refractivity contribution in [2.45, 2.75) is 32.6 Å². The molecule has 2 nitrogen and oxygen atoms in total. The van der Waals surface area contributed by atoms with Crippen molar-refractivity contribution in [2.24, 2.45) is 0 Å². The van der Waals surface area contributed by atoms with Gasteiger partial charge in [-0.1, -0.05) is 24.8 Å². The van der Waals surface area contributed by atoms with Gasteiger partial charge in [0.15, 0.2) is 0 Å². The summed E-state index contributed by atoms with van der Waals surface area (Å²) in [6.07, 6.45) is 6.83. The summed E-state index contributed by atoms with van der Waals surface area (Å²) in [5.41, 5.74) is 0.